The lowest BCUT2D eigenvalue weighted by atomic mass is 9.87. The van der Waals surface area contributed by atoms with Crippen molar-refractivity contribution >= 4 is 5.97 Å². The van der Waals surface area contributed by atoms with Crippen LogP contribution in [0.2, 0.25) is 0 Å². The Labute approximate surface area is 209 Å². The summed E-state index contributed by atoms with van der Waals surface area (Å²) in [6.07, 6.45) is 3.26. The Hall–Kier alpha value is -3.15. The van der Waals surface area contributed by atoms with E-state index >= 15 is 0 Å². The monoisotopic (exact) mass is 474 g/mol. The Kier molecular flexibility index (Phi) is 10.3. The van der Waals surface area contributed by atoms with E-state index < -0.39 is 0 Å². The van der Waals surface area contributed by atoms with E-state index in [2.05, 4.69) is 43.3 Å². The molecule has 0 fully saturated rings. The van der Waals surface area contributed by atoms with Gasteiger partial charge in [0, 0.05) is 18.7 Å². The van der Waals surface area contributed by atoms with Crippen molar-refractivity contribution in [3.63, 3.8) is 0 Å². The molecule has 0 saturated carbocycles. The minimum atomic E-state index is -0.214. The SMILES string of the molecule is CCOC(=O)Cc1ccc(C(CC)CCc2ccc(OCc3ccccc3)c(CN)c2)cc1CN. The van der Waals surface area contributed by atoms with Crippen molar-refractivity contribution in [1.82, 2.24) is 0 Å². The Morgan fingerprint density at radius 2 is 1.63 bits per heavy atom. The molecule has 0 aromatic heterocycles. The smallest absolute Gasteiger partial charge is 0.310 e. The van der Waals surface area contributed by atoms with Crippen LogP contribution in [0.5, 0.6) is 5.75 Å². The van der Waals surface area contributed by atoms with Crippen LogP contribution in [0, 0.1) is 0 Å². The van der Waals surface area contributed by atoms with Crippen molar-refractivity contribution in [3.05, 3.63) is 100 Å². The van der Waals surface area contributed by atoms with Crippen LogP contribution in [-0.4, -0.2) is 12.6 Å². The second-order valence-corrected chi connectivity index (χ2v) is 8.78. The van der Waals surface area contributed by atoms with Gasteiger partial charge in [0.15, 0.2) is 0 Å². The van der Waals surface area contributed by atoms with Gasteiger partial charge in [-0.15, -0.1) is 0 Å². The molecule has 0 amide bonds. The molecule has 0 radical (unpaired) electrons. The van der Waals surface area contributed by atoms with Crippen molar-refractivity contribution in [3.8, 4) is 5.75 Å². The maximum absolute atomic E-state index is 11.9. The largest absolute Gasteiger partial charge is 0.489 e. The lowest BCUT2D eigenvalue weighted by Gasteiger charge is -2.19. The number of hydrogen-bond donors (Lipinski definition) is 2. The van der Waals surface area contributed by atoms with E-state index in [0.29, 0.717) is 32.2 Å². The number of carbonyl (C=O) groups excluding carboxylic acids is 1. The first kappa shape index (κ1) is 26.5. The van der Waals surface area contributed by atoms with Gasteiger partial charge in [-0.2, -0.15) is 0 Å². The number of nitrogens with two attached hydrogens (primary N) is 2. The molecule has 4 N–H and O–H groups in total. The Morgan fingerprint density at radius 3 is 2.31 bits per heavy atom. The fourth-order valence-electron chi connectivity index (χ4n) is 4.40. The molecule has 0 bridgehead atoms. The van der Waals surface area contributed by atoms with Crippen LogP contribution in [0.3, 0.4) is 0 Å². The summed E-state index contributed by atoms with van der Waals surface area (Å²) in [6.45, 7) is 5.80. The van der Waals surface area contributed by atoms with Crippen LogP contribution in [0.15, 0.2) is 66.7 Å². The molecular formula is C30H38N2O3. The van der Waals surface area contributed by atoms with Gasteiger partial charge < -0.3 is 20.9 Å². The van der Waals surface area contributed by atoms with Crippen LogP contribution in [0.1, 0.15) is 66.0 Å². The number of aryl methyl sites for hydroxylation is 1. The molecule has 0 heterocycles. The Bertz CT molecular complexity index is 1080. The molecule has 1 atom stereocenters. The van der Waals surface area contributed by atoms with Gasteiger partial charge in [0.1, 0.15) is 12.4 Å². The summed E-state index contributed by atoms with van der Waals surface area (Å²) < 4.78 is 11.1. The summed E-state index contributed by atoms with van der Waals surface area (Å²) in [5, 5.41) is 0. The molecule has 0 aliphatic heterocycles. The predicted octanol–water partition coefficient (Wildman–Crippen LogP) is 5.42. The van der Waals surface area contributed by atoms with E-state index in [4.69, 9.17) is 20.9 Å². The van der Waals surface area contributed by atoms with Gasteiger partial charge in [-0.1, -0.05) is 67.6 Å². The van der Waals surface area contributed by atoms with Crippen molar-refractivity contribution in [2.24, 2.45) is 11.5 Å². The Morgan fingerprint density at radius 1 is 0.857 bits per heavy atom. The topological polar surface area (TPSA) is 87.6 Å². The van der Waals surface area contributed by atoms with Gasteiger partial charge in [-0.25, -0.2) is 0 Å². The second-order valence-electron chi connectivity index (χ2n) is 8.78. The van der Waals surface area contributed by atoms with Crippen LogP contribution >= 0.6 is 0 Å². The number of ether oxygens (including phenoxy) is 2. The average Bonchev–Trinajstić information content (AvgIpc) is 2.89. The molecular weight excluding hydrogens is 436 g/mol. The molecule has 3 rings (SSSR count). The van der Waals surface area contributed by atoms with E-state index in [-0.39, 0.29) is 12.4 Å². The minimum Gasteiger partial charge on any atom is -0.489 e. The highest BCUT2D eigenvalue weighted by Crippen LogP contribution is 2.29. The predicted molar refractivity (Wildman–Crippen MR) is 141 cm³/mol. The summed E-state index contributed by atoms with van der Waals surface area (Å²) in [4.78, 5) is 11.9. The highest BCUT2D eigenvalue weighted by Gasteiger charge is 2.15. The maximum atomic E-state index is 11.9. The highest BCUT2D eigenvalue weighted by atomic mass is 16.5. The fourth-order valence-corrected chi connectivity index (χ4v) is 4.40. The third-order valence-corrected chi connectivity index (χ3v) is 6.42. The minimum absolute atomic E-state index is 0.214. The van der Waals surface area contributed by atoms with Crippen LogP contribution in [0.25, 0.3) is 0 Å². The first-order valence-corrected chi connectivity index (χ1v) is 12.5. The lowest BCUT2D eigenvalue weighted by Crippen LogP contribution is -2.12. The van der Waals surface area contributed by atoms with E-state index in [1.165, 1.54) is 11.1 Å². The van der Waals surface area contributed by atoms with Gasteiger partial charge in [-0.3, -0.25) is 4.79 Å². The third kappa shape index (κ3) is 7.67. The number of benzene rings is 3. The summed E-state index contributed by atoms with van der Waals surface area (Å²) in [5.41, 5.74) is 18.7. The molecule has 0 spiro atoms. The van der Waals surface area contributed by atoms with Gasteiger partial charge >= 0.3 is 5.97 Å². The number of rotatable bonds is 13. The standard InChI is InChI=1S/C30H38N2O3/c1-3-24(25-13-14-26(27(17-25)19-31)18-30(33)34-4-2)12-10-22-11-15-29(28(16-22)20-32)35-21-23-8-6-5-7-9-23/h5-9,11,13-17,24H,3-4,10,12,18-21,31-32H2,1-2H3. The lowest BCUT2D eigenvalue weighted by molar-refractivity contribution is -0.142. The van der Waals surface area contributed by atoms with Gasteiger partial charge in [-0.05, 0) is 66.0 Å². The summed E-state index contributed by atoms with van der Waals surface area (Å²) in [7, 11) is 0. The zero-order valence-electron chi connectivity index (χ0n) is 21.0. The molecule has 3 aromatic carbocycles. The molecule has 0 aliphatic carbocycles. The molecule has 3 aromatic rings. The van der Waals surface area contributed by atoms with Gasteiger partial charge in [0.25, 0.3) is 0 Å². The number of hydrogen-bond acceptors (Lipinski definition) is 5. The first-order valence-electron chi connectivity index (χ1n) is 12.5. The van der Waals surface area contributed by atoms with Crippen LogP contribution in [-0.2, 0) is 42.1 Å². The van der Waals surface area contributed by atoms with Crippen LogP contribution in [0.4, 0.5) is 0 Å². The zero-order valence-corrected chi connectivity index (χ0v) is 21.0. The maximum Gasteiger partial charge on any atom is 0.310 e. The van der Waals surface area contributed by atoms with E-state index in [9.17, 15) is 4.79 Å². The third-order valence-electron chi connectivity index (χ3n) is 6.42. The number of carbonyl (C=O) groups is 1. The van der Waals surface area contributed by atoms with Crippen LogP contribution < -0.4 is 16.2 Å². The van der Waals surface area contributed by atoms with E-state index in [1.54, 1.807) is 0 Å². The van der Waals surface area contributed by atoms with Gasteiger partial charge in [0.2, 0.25) is 0 Å². The molecule has 186 valence electrons. The summed E-state index contributed by atoms with van der Waals surface area (Å²) >= 11 is 0. The zero-order chi connectivity index (χ0) is 25.0. The average molecular weight is 475 g/mol. The summed E-state index contributed by atoms with van der Waals surface area (Å²) in [5.74, 6) is 1.04. The van der Waals surface area contributed by atoms with E-state index in [0.717, 1.165) is 47.3 Å². The first-order chi connectivity index (χ1) is 17.1. The van der Waals surface area contributed by atoms with Crippen molar-refractivity contribution < 1.29 is 14.3 Å². The Balaban J connectivity index is 1.65. The second kappa shape index (κ2) is 13.7. The van der Waals surface area contributed by atoms with Gasteiger partial charge in [0.05, 0.1) is 13.0 Å². The fraction of sp³-hybridized carbons (Fsp3) is 0.367. The van der Waals surface area contributed by atoms with Crippen molar-refractivity contribution in [2.75, 3.05) is 6.61 Å². The molecule has 35 heavy (non-hydrogen) atoms. The van der Waals surface area contributed by atoms with Crippen molar-refractivity contribution in [2.45, 2.75) is 65.1 Å². The summed E-state index contributed by atoms with van der Waals surface area (Å²) in [6, 6.07) is 22.8. The van der Waals surface area contributed by atoms with E-state index in [1.807, 2.05) is 37.3 Å². The normalized spacial score (nSPS) is 11.8. The van der Waals surface area contributed by atoms with Crippen molar-refractivity contribution in [1.29, 1.82) is 0 Å². The quantitative estimate of drug-likeness (QED) is 0.323. The molecule has 0 aliphatic rings. The molecule has 5 nitrogen and oxygen atoms in total. The molecule has 1 unspecified atom stereocenters. The number of esters is 1. The molecule has 5 heteroatoms. The highest BCUT2D eigenvalue weighted by molar-refractivity contribution is 5.73. The molecule has 0 saturated heterocycles.